The molecule has 1 fully saturated rings. The van der Waals surface area contributed by atoms with Crippen LogP contribution in [-0.4, -0.2) is 53.3 Å². The van der Waals surface area contributed by atoms with Gasteiger partial charge in [-0.1, -0.05) is 62.7 Å². The van der Waals surface area contributed by atoms with Crippen molar-refractivity contribution in [3.8, 4) is 0 Å². The molecular weight excluding hydrogens is 518 g/mol. The number of amides is 1. The average molecular weight is 556 g/mol. The summed E-state index contributed by atoms with van der Waals surface area (Å²) in [6.07, 6.45) is 2.81. The molecule has 0 saturated carbocycles. The Balaban J connectivity index is 1.54. The second-order valence-corrected chi connectivity index (χ2v) is 16.8. The van der Waals surface area contributed by atoms with Gasteiger partial charge >= 0.3 is 6.09 Å². The molecule has 1 aliphatic rings. The highest BCUT2D eigenvalue weighted by atomic mass is 35.5. The Morgan fingerprint density at radius 2 is 1.87 bits per heavy atom. The van der Waals surface area contributed by atoms with Crippen LogP contribution in [0.25, 0.3) is 11.0 Å². The number of Topliss-reactive ketones (excluding diaryl/α,β-unsaturated/α-hetero) is 1. The summed E-state index contributed by atoms with van der Waals surface area (Å²) in [5, 5.41) is 0.598. The number of hydrogen-bond acceptors (Lipinski definition) is 5. The maximum atomic E-state index is 13.5. The van der Waals surface area contributed by atoms with Gasteiger partial charge in [0, 0.05) is 18.0 Å². The summed E-state index contributed by atoms with van der Waals surface area (Å²) >= 11 is 6.19. The molecule has 1 aliphatic heterocycles. The molecule has 0 bridgehead atoms. The second-order valence-electron chi connectivity index (χ2n) is 11.6. The smallest absolute Gasteiger partial charge is 0.410 e. The zero-order valence-corrected chi connectivity index (χ0v) is 24.7. The van der Waals surface area contributed by atoms with Crippen molar-refractivity contribution in [2.24, 2.45) is 0 Å². The summed E-state index contributed by atoms with van der Waals surface area (Å²) in [5.41, 5.74) is 2.51. The second kappa shape index (κ2) is 11.6. The fourth-order valence-corrected chi connectivity index (χ4v) is 6.18. The molecule has 2 atom stereocenters. The van der Waals surface area contributed by atoms with Crippen molar-refractivity contribution in [3.63, 3.8) is 0 Å². The van der Waals surface area contributed by atoms with E-state index in [1.165, 1.54) is 0 Å². The molecule has 38 heavy (non-hydrogen) atoms. The Labute approximate surface area is 231 Å². The van der Waals surface area contributed by atoms with E-state index in [1.807, 2.05) is 47.0 Å². The van der Waals surface area contributed by atoms with Crippen LogP contribution >= 0.6 is 11.6 Å². The molecule has 0 N–H and O–H groups in total. The third kappa shape index (κ3) is 6.65. The van der Waals surface area contributed by atoms with Gasteiger partial charge in [-0.15, -0.1) is 0 Å². The van der Waals surface area contributed by atoms with E-state index >= 15 is 0 Å². The molecule has 1 amide bonds. The van der Waals surface area contributed by atoms with Crippen LogP contribution in [0.5, 0.6) is 0 Å². The Morgan fingerprint density at radius 1 is 1.13 bits per heavy atom. The summed E-state index contributed by atoms with van der Waals surface area (Å²) in [6, 6.07) is 14.7. The quantitative estimate of drug-likeness (QED) is 0.284. The molecule has 4 rings (SSSR count). The molecule has 1 aromatic heterocycles. The largest absolute Gasteiger partial charge is 0.445 e. The van der Waals surface area contributed by atoms with E-state index < -0.39 is 20.5 Å². The van der Waals surface area contributed by atoms with Gasteiger partial charge in [0.05, 0.1) is 36.1 Å². The number of carbonyl (C=O) groups is 2. The number of hydrogen-bond donors (Lipinski definition) is 0. The number of piperidine rings is 1. The highest BCUT2D eigenvalue weighted by Gasteiger charge is 2.44. The van der Waals surface area contributed by atoms with Crippen molar-refractivity contribution < 1.29 is 18.8 Å². The fraction of sp³-hybridized carbons (Fsp3) is 0.483. The molecule has 204 valence electrons. The van der Waals surface area contributed by atoms with Crippen molar-refractivity contribution in [2.45, 2.75) is 83.5 Å². The van der Waals surface area contributed by atoms with Crippen LogP contribution in [0.1, 0.15) is 45.6 Å². The molecule has 2 aromatic carbocycles. The zero-order valence-electron chi connectivity index (χ0n) is 22.9. The van der Waals surface area contributed by atoms with Crippen molar-refractivity contribution >= 4 is 42.8 Å². The highest BCUT2D eigenvalue weighted by Crippen LogP contribution is 2.39. The van der Waals surface area contributed by atoms with E-state index in [0.29, 0.717) is 11.6 Å². The summed E-state index contributed by atoms with van der Waals surface area (Å²) in [7, 11) is -2.15. The molecule has 0 spiro atoms. The topological polar surface area (TPSA) is 73.7 Å². The van der Waals surface area contributed by atoms with Crippen LogP contribution in [0.4, 0.5) is 4.79 Å². The van der Waals surface area contributed by atoms with Crippen LogP contribution in [0.2, 0.25) is 23.2 Å². The van der Waals surface area contributed by atoms with E-state index in [1.54, 1.807) is 17.3 Å². The molecule has 0 unspecified atom stereocenters. The standard InChI is InChI=1S/C29H38ClN3O4Si/c1-29(2,3)38(4,5)37-27-12-9-15-33(28(35)36-19-21-10-7-6-8-11-21)26(27)17-23(34)18-32-20-31-24-14-13-22(30)16-25(24)32/h6-8,10-11,13-14,16,20,26-27H,9,12,15,17-19H2,1-5H3/t26-,27+/m1/s1. The molecule has 9 heteroatoms. The monoisotopic (exact) mass is 555 g/mol. The third-order valence-electron chi connectivity index (χ3n) is 7.78. The lowest BCUT2D eigenvalue weighted by Crippen LogP contribution is -2.56. The minimum atomic E-state index is -2.15. The number of fused-ring (bicyclic) bond motifs is 1. The van der Waals surface area contributed by atoms with Gasteiger partial charge in [0.1, 0.15) is 6.61 Å². The average Bonchev–Trinajstić information content (AvgIpc) is 3.24. The Bertz CT molecular complexity index is 1270. The van der Waals surface area contributed by atoms with Gasteiger partial charge in [0.25, 0.3) is 0 Å². The van der Waals surface area contributed by atoms with Crippen LogP contribution in [0.15, 0.2) is 54.9 Å². The highest BCUT2D eigenvalue weighted by molar-refractivity contribution is 6.74. The number of aromatic nitrogens is 2. The van der Waals surface area contributed by atoms with Gasteiger partial charge in [-0.2, -0.15) is 0 Å². The predicted octanol–water partition coefficient (Wildman–Crippen LogP) is 6.84. The van der Waals surface area contributed by atoms with E-state index in [2.05, 4.69) is 38.8 Å². The van der Waals surface area contributed by atoms with Crippen LogP contribution in [0.3, 0.4) is 0 Å². The molecule has 1 saturated heterocycles. The Hall–Kier alpha value is -2.68. The number of imidazole rings is 1. The maximum Gasteiger partial charge on any atom is 0.410 e. The number of benzene rings is 2. The molecule has 3 aromatic rings. The lowest BCUT2D eigenvalue weighted by atomic mass is 9.95. The van der Waals surface area contributed by atoms with Crippen molar-refractivity contribution in [1.82, 2.24) is 14.5 Å². The summed E-state index contributed by atoms with van der Waals surface area (Å²) in [4.78, 5) is 32.9. The SMILES string of the molecule is CC(C)(C)[Si](C)(C)O[C@H]1CCCN(C(=O)OCc2ccccc2)[C@@H]1CC(=O)Cn1cnc2ccc(Cl)cc21. The molecule has 2 heterocycles. The Morgan fingerprint density at radius 3 is 2.58 bits per heavy atom. The van der Waals surface area contributed by atoms with Crippen molar-refractivity contribution in [1.29, 1.82) is 0 Å². The van der Waals surface area contributed by atoms with Crippen LogP contribution in [0, 0.1) is 0 Å². The number of carbonyl (C=O) groups excluding carboxylic acids is 2. The van der Waals surface area contributed by atoms with Gasteiger partial charge in [0.2, 0.25) is 0 Å². The summed E-state index contributed by atoms with van der Waals surface area (Å²) in [5.74, 6) is 0.000802. The molecule has 0 radical (unpaired) electrons. The minimum Gasteiger partial charge on any atom is -0.445 e. The Kier molecular flexibility index (Phi) is 8.64. The van der Waals surface area contributed by atoms with Gasteiger partial charge in [-0.25, -0.2) is 9.78 Å². The van der Waals surface area contributed by atoms with E-state index in [9.17, 15) is 9.59 Å². The van der Waals surface area contributed by atoms with Crippen LogP contribution in [-0.2, 0) is 27.1 Å². The first-order valence-electron chi connectivity index (χ1n) is 13.2. The first kappa shape index (κ1) is 28.3. The third-order valence-corrected chi connectivity index (χ3v) is 12.5. The number of ether oxygens (including phenoxy) is 1. The lowest BCUT2D eigenvalue weighted by Gasteiger charge is -2.46. The maximum absolute atomic E-state index is 13.5. The number of halogens is 1. The number of likely N-dealkylation sites (tertiary alicyclic amines) is 1. The van der Waals surface area contributed by atoms with Gasteiger partial charge in [0.15, 0.2) is 14.1 Å². The normalized spacial score (nSPS) is 18.5. The molecule has 7 nitrogen and oxygen atoms in total. The zero-order chi connectivity index (χ0) is 27.5. The fourth-order valence-electron chi connectivity index (χ4n) is 4.63. The molecule has 0 aliphatic carbocycles. The number of nitrogens with zero attached hydrogens (tertiary/aromatic N) is 3. The first-order valence-corrected chi connectivity index (χ1v) is 16.5. The van der Waals surface area contributed by atoms with Crippen LogP contribution < -0.4 is 0 Å². The summed E-state index contributed by atoms with van der Waals surface area (Å²) < 4.78 is 14.3. The molecular formula is C29H38ClN3O4Si. The van der Waals surface area contributed by atoms with E-state index in [-0.39, 0.29) is 36.5 Å². The van der Waals surface area contributed by atoms with E-state index in [0.717, 1.165) is 29.4 Å². The lowest BCUT2D eigenvalue weighted by molar-refractivity contribution is -0.122. The van der Waals surface area contributed by atoms with Gasteiger partial charge in [-0.05, 0) is 54.7 Å². The number of ketones is 1. The van der Waals surface area contributed by atoms with E-state index in [4.69, 9.17) is 20.8 Å². The predicted molar refractivity (Wildman–Crippen MR) is 153 cm³/mol. The minimum absolute atomic E-state index is 0.000802. The van der Waals surface area contributed by atoms with Crippen molar-refractivity contribution in [3.05, 3.63) is 65.4 Å². The van der Waals surface area contributed by atoms with Gasteiger partial charge in [-0.3, -0.25) is 4.79 Å². The van der Waals surface area contributed by atoms with Gasteiger partial charge < -0.3 is 18.6 Å². The van der Waals surface area contributed by atoms with Crippen molar-refractivity contribution in [2.75, 3.05) is 6.54 Å². The summed E-state index contributed by atoms with van der Waals surface area (Å²) in [6.45, 7) is 11.9. The number of rotatable bonds is 8. The first-order chi connectivity index (χ1) is 17.9.